The molecule has 1 aromatic carbocycles. The lowest BCUT2D eigenvalue weighted by atomic mass is 10.2. The zero-order valence-electron chi connectivity index (χ0n) is 9.28. The van der Waals surface area contributed by atoms with Gasteiger partial charge in [-0.2, -0.15) is 0 Å². The number of nitrogens with one attached hydrogen (secondary N) is 1. The number of nitrogens with zero attached hydrogens (tertiary/aromatic N) is 1. The van der Waals surface area contributed by atoms with Crippen molar-refractivity contribution in [3.63, 3.8) is 0 Å². The van der Waals surface area contributed by atoms with E-state index in [4.69, 9.17) is 11.6 Å². The van der Waals surface area contributed by atoms with Crippen LogP contribution in [0.2, 0.25) is 5.02 Å². The zero-order chi connectivity index (χ0) is 12.3. The number of rotatable bonds is 2. The molecule has 2 amide bonds. The lowest BCUT2D eigenvalue weighted by molar-refractivity contribution is -0.116. The predicted molar refractivity (Wildman–Crippen MR) is 64.9 cm³/mol. The van der Waals surface area contributed by atoms with E-state index < -0.39 is 0 Å². The van der Waals surface area contributed by atoms with Gasteiger partial charge in [0.15, 0.2) is 5.78 Å². The van der Waals surface area contributed by atoms with Crippen LogP contribution in [-0.2, 0) is 11.3 Å². The number of benzene rings is 1. The fourth-order valence-corrected chi connectivity index (χ4v) is 1.93. The Morgan fingerprint density at radius 3 is 2.82 bits per heavy atom. The second-order valence-electron chi connectivity index (χ2n) is 3.96. The van der Waals surface area contributed by atoms with Gasteiger partial charge in [-0.25, -0.2) is 4.79 Å². The Labute approximate surface area is 105 Å². The van der Waals surface area contributed by atoms with Crippen molar-refractivity contribution in [3.8, 4) is 0 Å². The van der Waals surface area contributed by atoms with Gasteiger partial charge in [-0.05, 0) is 11.6 Å². The van der Waals surface area contributed by atoms with Crippen LogP contribution in [0, 0.1) is 0 Å². The molecular weight excluding hydrogens is 240 g/mol. The van der Waals surface area contributed by atoms with Gasteiger partial charge >= 0.3 is 6.03 Å². The number of carbonyl (C=O) groups excluding carboxylic acids is 2. The number of hydrogen-bond donors (Lipinski definition) is 1. The molecule has 1 aliphatic rings. The molecule has 90 valence electrons. The summed E-state index contributed by atoms with van der Waals surface area (Å²) < 4.78 is 0. The summed E-state index contributed by atoms with van der Waals surface area (Å²) in [7, 11) is 0. The summed E-state index contributed by atoms with van der Waals surface area (Å²) in [5.74, 6) is 0.109. The van der Waals surface area contributed by atoms with Gasteiger partial charge in [-0.15, -0.1) is 0 Å². The molecule has 4 nitrogen and oxygen atoms in total. The number of Topliss-reactive ketones (excluding diaryl/α,β-unsaturated/α-hetero) is 1. The summed E-state index contributed by atoms with van der Waals surface area (Å²) in [5, 5.41) is 3.38. The van der Waals surface area contributed by atoms with Gasteiger partial charge in [0.05, 0.1) is 6.54 Å². The second-order valence-corrected chi connectivity index (χ2v) is 4.37. The summed E-state index contributed by atoms with van der Waals surface area (Å²) in [4.78, 5) is 24.3. The van der Waals surface area contributed by atoms with Crippen LogP contribution in [0.1, 0.15) is 12.0 Å². The van der Waals surface area contributed by atoms with E-state index in [1.807, 2.05) is 18.2 Å². The van der Waals surface area contributed by atoms with Crippen molar-refractivity contribution in [2.24, 2.45) is 0 Å². The molecule has 0 aliphatic carbocycles. The fourth-order valence-electron chi connectivity index (χ4n) is 1.73. The average molecular weight is 253 g/mol. The van der Waals surface area contributed by atoms with E-state index in [9.17, 15) is 9.59 Å². The third-order valence-electron chi connectivity index (χ3n) is 2.70. The highest BCUT2D eigenvalue weighted by Gasteiger charge is 2.23. The molecule has 1 saturated heterocycles. The van der Waals surface area contributed by atoms with Crippen molar-refractivity contribution in [2.45, 2.75) is 13.0 Å². The van der Waals surface area contributed by atoms with Gasteiger partial charge in [-0.3, -0.25) is 4.79 Å². The molecule has 1 aromatic rings. The van der Waals surface area contributed by atoms with E-state index in [0.29, 0.717) is 24.5 Å². The largest absolute Gasteiger partial charge is 0.334 e. The molecule has 0 radical (unpaired) electrons. The highest BCUT2D eigenvalue weighted by atomic mass is 35.5. The smallest absolute Gasteiger partial charge is 0.318 e. The van der Waals surface area contributed by atoms with Crippen molar-refractivity contribution in [2.75, 3.05) is 13.1 Å². The Morgan fingerprint density at radius 2 is 2.18 bits per heavy atom. The summed E-state index contributed by atoms with van der Waals surface area (Å²) in [6.07, 6.45) is 0.458. The van der Waals surface area contributed by atoms with Gasteiger partial charge < -0.3 is 10.2 Å². The van der Waals surface area contributed by atoms with Crippen molar-refractivity contribution in [3.05, 3.63) is 34.9 Å². The summed E-state index contributed by atoms with van der Waals surface area (Å²) >= 11 is 5.97. The monoisotopic (exact) mass is 252 g/mol. The first kappa shape index (κ1) is 11.9. The summed E-state index contributed by atoms with van der Waals surface area (Å²) in [5.41, 5.74) is 0.869. The molecule has 2 rings (SSSR count). The van der Waals surface area contributed by atoms with Crippen LogP contribution >= 0.6 is 11.6 Å². The van der Waals surface area contributed by atoms with E-state index in [0.717, 1.165) is 5.56 Å². The molecule has 0 saturated carbocycles. The number of amides is 2. The lowest BCUT2D eigenvalue weighted by Crippen LogP contribution is -2.38. The second kappa shape index (κ2) is 5.19. The molecule has 1 fully saturated rings. The molecule has 17 heavy (non-hydrogen) atoms. The van der Waals surface area contributed by atoms with Crippen LogP contribution in [-0.4, -0.2) is 29.8 Å². The Hall–Kier alpha value is -1.55. The molecule has 0 spiro atoms. The van der Waals surface area contributed by atoms with Crippen LogP contribution < -0.4 is 5.32 Å². The Kier molecular flexibility index (Phi) is 3.64. The summed E-state index contributed by atoms with van der Waals surface area (Å²) in [6.45, 7) is 1.10. The number of ketones is 1. The Balaban J connectivity index is 1.88. The molecule has 0 unspecified atom stereocenters. The summed E-state index contributed by atoms with van der Waals surface area (Å²) in [6, 6.07) is 7.13. The van der Waals surface area contributed by atoms with Crippen molar-refractivity contribution >= 4 is 23.4 Å². The highest BCUT2D eigenvalue weighted by Crippen LogP contribution is 2.14. The van der Waals surface area contributed by atoms with E-state index in [1.54, 1.807) is 6.07 Å². The highest BCUT2D eigenvalue weighted by molar-refractivity contribution is 6.31. The molecule has 1 heterocycles. The maximum atomic E-state index is 11.7. The van der Waals surface area contributed by atoms with E-state index in [1.165, 1.54) is 4.90 Å². The van der Waals surface area contributed by atoms with Gasteiger partial charge in [0.25, 0.3) is 0 Å². The zero-order valence-corrected chi connectivity index (χ0v) is 10.0. The standard InChI is InChI=1S/C12H13ClN2O2/c13-11-4-2-1-3-9(11)7-14-12(17)15-6-5-10(16)8-15/h1-4H,5-8H2,(H,14,17). The van der Waals surface area contributed by atoms with Gasteiger partial charge in [0, 0.05) is 24.5 Å². The Morgan fingerprint density at radius 1 is 1.41 bits per heavy atom. The molecule has 0 bridgehead atoms. The number of hydrogen-bond acceptors (Lipinski definition) is 2. The van der Waals surface area contributed by atoms with E-state index >= 15 is 0 Å². The average Bonchev–Trinajstić information content (AvgIpc) is 2.74. The number of halogens is 1. The predicted octanol–water partition coefficient (Wildman–Crippen LogP) is 1.82. The van der Waals surface area contributed by atoms with Crippen LogP contribution in [0.25, 0.3) is 0 Å². The van der Waals surface area contributed by atoms with Crippen molar-refractivity contribution in [1.82, 2.24) is 10.2 Å². The molecule has 0 aromatic heterocycles. The molecule has 1 aliphatic heterocycles. The van der Waals surface area contributed by atoms with Crippen molar-refractivity contribution < 1.29 is 9.59 Å². The van der Waals surface area contributed by atoms with Crippen molar-refractivity contribution in [1.29, 1.82) is 0 Å². The first-order chi connectivity index (χ1) is 8.16. The van der Waals surface area contributed by atoms with E-state index in [2.05, 4.69) is 5.32 Å². The first-order valence-corrected chi connectivity index (χ1v) is 5.82. The normalized spacial score (nSPS) is 15.1. The topological polar surface area (TPSA) is 49.4 Å². The third-order valence-corrected chi connectivity index (χ3v) is 3.07. The fraction of sp³-hybridized carbons (Fsp3) is 0.333. The molecular formula is C12H13ClN2O2. The van der Waals surface area contributed by atoms with Gasteiger partial charge in [0.1, 0.15) is 0 Å². The third kappa shape index (κ3) is 2.97. The van der Waals surface area contributed by atoms with Crippen LogP contribution in [0.4, 0.5) is 4.79 Å². The Bertz CT molecular complexity index is 448. The minimum Gasteiger partial charge on any atom is -0.334 e. The molecule has 1 N–H and O–H groups in total. The maximum Gasteiger partial charge on any atom is 0.318 e. The SMILES string of the molecule is O=C1CCN(C(=O)NCc2ccccc2Cl)C1. The van der Waals surface area contributed by atoms with Gasteiger partial charge in [0.2, 0.25) is 0 Å². The number of urea groups is 1. The first-order valence-electron chi connectivity index (χ1n) is 5.44. The lowest BCUT2D eigenvalue weighted by Gasteiger charge is -2.15. The quantitative estimate of drug-likeness (QED) is 0.873. The van der Waals surface area contributed by atoms with Crippen LogP contribution in [0.3, 0.4) is 0 Å². The van der Waals surface area contributed by atoms with Gasteiger partial charge in [-0.1, -0.05) is 29.8 Å². The minimum atomic E-state index is -0.212. The minimum absolute atomic E-state index is 0.109. The number of carbonyl (C=O) groups is 2. The van der Waals surface area contributed by atoms with Crippen LogP contribution in [0.15, 0.2) is 24.3 Å². The molecule has 5 heteroatoms. The maximum absolute atomic E-state index is 11.7. The van der Waals surface area contributed by atoms with Crippen LogP contribution in [0.5, 0.6) is 0 Å². The molecule has 0 atom stereocenters. The van der Waals surface area contributed by atoms with E-state index in [-0.39, 0.29) is 18.4 Å². The number of likely N-dealkylation sites (tertiary alicyclic amines) is 1.